The van der Waals surface area contributed by atoms with Crippen molar-refractivity contribution in [1.82, 2.24) is 10.2 Å². The van der Waals surface area contributed by atoms with Crippen molar-refractivity contribution in [2.24, 2.45) is 0 Å². The molecule has 1 aliphatic heterocycles. The topological polar surface area (TPSA) is 69.7 Å². The Kier molecular flexibility index (Phi) is 8.24. The number of hydrogen-bond donors (Lipinski definition) is 1. The van der Waals surface area contributed by atoms with Crippen molar-refractivity contribution in [2.75, 3.05) is 37.0 Å². The third-order valence-corrected chi connectivity index (χ3v) is 8.26. The fourth-order valence-corrected chi connectivity index (χ4v) is 6.04. The molecule has 1 fully saturated rings. The van der Waals surface area contributed by atoms with Gasteiger partial charge in [0.05, 0.1) is 5.69 Å². The van der Waals surface area contributed by atoms with E-state index in [1.807, 2.05) is 0 Å². The van der Waals surface area contributed by atoms with Crippen molar-refractivity contribution >= 4 is 33.0 Å². The average molecular weight is 454 g/mol. The van der Waals surface area contributed by atoms with Crippen LogP contribution in [0.15, 0.2) is 46.0 Å². The number of rotatable bonds is 9. The molecule has 1 aliphatic rings. The first-order valence-corrected chi connectivity index (χ1v) is 12.6. The van der Waals surface area contributed by atoms with Gasteiger partial charge in [0.15, 0.2) is 0 Å². The van der Waals surface area contributed by atoms with Gasteiger partial charge in [0.1, 0.15) is 16.6 Å². The van der Waals surface area contributed by atoms with Crippen molar-refractivity contribution in [3.63, 3.8) is 0 Å². The average Bonchev–Trinajstić information content (AvgIpc) is 3.16. The molecule has 1 aromatic carbocycles. The van der Waals surface area contributed by atoms with Gasteiger partial charge in [-0.15, -0.1) is 11.3 Å². The van der Waals surface area contributed by atoms with Crippen LogP contribution in [0, 0.1) is 5.82 Å². The highest BCUT2D eigenvalue weighted by Gasteiger charge is 2.28. The van der Waals surface area contributed by atoms with Crippen LogP contribution in [0.1, 0.15) is 32.1 Å². The first-order valence-electron chi connectivity index (χ1n) is 10.3. The van der Waals surface area contributed by atoms with Crippen molar-refractivity contribution in [3.8, 4) is 0 Å². The molecule has 1 saturated heterocycles. The monoisotopic (exact) mass is 453 g/mol. The van der Waals surface area contributed by atoms with E-state index in [2.05, 4.69) is 10.2 Å². The van der Waals surface area contributed by atoms with E-state index in [1.54, 1.807) is 11.4 Å². The van der Waals surface area contributed by atoms with Crippen LogP contribution < -0.4 is 9.62 Å². The van der Waals surface area contributed by atoms with Gasteiger partial charge in [-0.05, 0) is 74.6 Å². The minimum atomic E-state index is -3.91. The van der Waals surface area contributed by atoms with Crippen LogP contribution >= 0.6 is 11.3 Å². The number of sulfonamides is 1. The van der Waals surface area contributed by atoms with E-state index in [1.165, 1.54) is 56.0 Å². The van der Waals surface area contributed by atoms with Gasteiger partial charge in [0, 0.05) is 6.54 Å². The van der Waals surface area contributed by atoms with E-state index in [-0.39, 0.29) is 22.3 Å². The second kappa shape index (κ2) is 10.9. The van der Waals surface area contributed by atoms with E-state index < -0.39 is 15.8 Å². The number of likely N-dealkylation sites (tertiary alicyclic amines) is 1. The molecular weight excluding hydrogens is 425 g/mol. The number of anilines is 1. The quantitative estimate of drug-likeness (QED) is 0.591. The van der Waals surface area contributed by atoms with Gasteiger partial charge in [0.25, 0.3) is 10.0 Å². The first kappa shape index (κ1) is 22.7. The van der Waals surface area contributed by atoms with E-state index in [0.29, 0.717) is 6.54 Å². The summed E-state index contributed by atoms with van der Waals surface area (Å²) in [5.41, 5.74) is 0.254. The van der Waals surface area contributed by atoms with Crippen LogP contribution in [-0.4, -0.2) is 51.9 Å². The van der Waals surface area contributed by atoms with Gasteiger partial charge in [-0.3, -0.25) is 9.10 Å². The number of carbonyl (C=O) groups is 1. The molecule has 0 aliphatic carbocycles. The number of hydrogen-bond acceptors (Lipinski definition) is 5. The normalized spacial score (nSPS) is 15.5. The largest absolute Gasteiger partial charge is 0.354 e. The summed E-state index contributed by atoms with van der Waals surface area (Å²) in [6.07, 6.45) is 5.83. The zero-order chi connectivity index (χ0) is 21.4. The van der Waals surface area contributed by atoms with Gasteiger partial charge in [0.2, 0.25) is 5.91 Å². The van der Waals surface area contributed by atoms with Crippen molar-refractivity contribution in [2.45, 2.75) is 36.3 Å². The predicted molar refractivity (Wildman–Crippen MR) is 118 cm³/mol. The summed E-state index contributed by atoms with van der Waals surface area (Å²) in [5.74, 6) is -0.847. The first-order chi connectivity index (χ1) is 14.5. The number of carbonyl (C=O) groups excluding carboxylic acids is 1. The number of benzene rings is 1. The van der Waals surface area contributed by atoms with Gasteiger partial charge in [-0.1, -0.05) is 18.9 Å². The van der Waals surface area contributed by atoms with Crippen LogP contribution in [0.5, 0.6) is 0 Å². The Bertz CT molecular complexity index is 894. The Balaban J connectivity index is 1.60. The minimum absolute atomic E-state index is 0.140. The summed E-state index contributed by atoms with van der Waals surface area (Å²) in [6, 6.07) is 8.25. The molecule has 6 nitrogen and oxygen atoms in total. The zero-order valence-electron chi connectivity index (χ0n) is 16.9. The Labute approximate surface area is 181 Å². The zero-order valence-corrected chi connectivity index (χ0v) is 18.6. The summed E-state index contributed by atoms with van der Waals surface area (Å²) in [7, 11) is -3.91. The van der Waals surface area contributed by atoms with Gasteiger partial charge >= 0.3 is 0 Å². The Hall–Kier alpha value is -1.97. The second-order valence-electron chi connectivity index (χ2n) is 7.38. The molecule has 1 N–H and O–H groups in total. The Morgan fingerprint density at radius 3 is 2.43 bits per heavy atom. The van der Waals surface area contributed by atoms with E-state index in [9.17, 15) is 17.6 Å². The van der Waals surface area contributed by atoms with Crippen molar-refractivity contribution in [3.05, 3.63) is 47.6 Å². The predicted octanol–water partition coefficient (Wildman–Crippen LogP) is 3.46. The molecule has 0 radical (unpaired) electrons. The molecule has 0 saturated carbocycles. The lowest BCUT2D eigenvalue weighted by Crippen LogP contribution is -2.41. The van der Waals surface area contributed by atoms with E-state index >= 15 is 0 Å². The third kappa shape index (κ3) is 6.26. The maximum absolute atomic E-state index is 13.3. The molecule has 1 aromatic heterocycles. The van der Waals surface area contributed by atoms with Gasteiger partial charge < -0.3 is 10.2 Å². The second-order valence-corrected chi connectivity index (χ2v) is 10.4. The fourth-order valence-electron chi connectivity index (χ4n) is 3.52. The van der Waals surface area contributed by atoms with Crippen molar-refractivity contribution in [1.29, 1.82) is 0 Å². The molecule has 30 heavy (non-hydrogen) atoms. The molecule has 3 rings (SSSR count). The maximum atomic E-state index is 13.3. The fraction of sp³-hybridized carbons (Fsp3) is 0.476. The van der Waals surface area contributed by atoms with Gasteiger partial charge in [-0.25, -0.2) is 12.8 Å². The lowest BCUT2D eigenvalue weighted by atomic mass is 10.2. The molecule has 0 unspecified atom stereocenters. The minimum Gasteiger partial charge on any atom is -0.354 e. The Morgan fingerprint density at radius 1 is 1.10 bits per heavy atom. The highest BCUT2D eigenvalue weighted by molar-refractivity contribution is 7.94. The Morgan fingerprint density at radius 2 is 1.80 bits per heavy atom. The smallest absolute Gasteiger partial charge is 0.274 e. The SMILES string of the molecule is O=C(CN(c1ccc(F)cc1)S(=O)(=O)c1cccs1)NCCCN1CCCCCC1. The molecular formula is C21H28FN3O3S2. The van der Waals surface area contributed by atoms with Crippen LogP contribution in [-0.2, 0) is 14.8 Å². The molecule has 1 amide bonds. The number of nitrogens with zero attached hydrogens (tertiary/aromatic N) is 2. The molecule has 2 heterocycles. The lowest BCUT2D eigenvalue weighted by Gasteiger charge is -2.23. The van der Waals surface area contributed by atoms with Crippen molar-refractivity contribution < 1.29 is 17.6 Å². The van der Waals surface area contributed by atoms with Crippen LogP contribution in [0.3, 0.4) is 0 Å². The summed E-state index contributed by atoms with van der Waals surface area (Å²) >= 11 is 1.08. The van der Waals surface area contributed by atoms with Crippen LogP contribution in [0.2, 0.25) is 0 Å². The summed E-state index contributed by atoms with van der Waals surface area (Å²) in [6.45, 7) is 3.27. The summed E-state index contributed by atoms with van der Waals surface area (Å²) in [5, 5.41) is 4.49. The van der Waals surface area contributed by atoms with E-state index in [4.69, 9.17) is 0 Å². The molecule has 9 heteroatoms. The summed E-state index contributed by atoms with van der Waals surface area (Å²) < 4.78 is 40.6. The number of nitrogens with one attached hydrogen (secondary N) is 1. The maximum Gasteiger partial charge on any atom is 0.274 e. The summed E-state index contributed by atoms with van der Waals surface area (Å²) in [4.78, 5) is 14.9. The number of amides is 1. The molecule has 2 aromatic rings. The molecule has 0 spiro atoms. The standard InChI is InChI=1S/C21H28FN3O3S2/c22-18-8-10-19(11-9-18)25(30(27,28)21-7-5-16-29-21)17-20(26)23-12-6-15-24-13-3-1-2-4-14-24/h5,7-11,16H,1-4,6,12-15,17H2,(H,23,26). The van der Waals surface area contributed by atoms with E-state index in [0.717, 1.165) is 41.7 Å². The highest BCUT2D eigenvalue weighted by Crippen LogP contribution is 2.26. The third-order valence-electron chi connectivity index (χ3n) is 5.11. The number of halogens is 1. The van der Waals surface area contributed by atoms with Crippen LogP contribution in [0.25, 0.3) is 0 Å². The number of thiophene rings is 1. The van der Waals surface area contributed by atoms with Gasteiger partial charge in [-0.2, -0.15) is 0 Å². The molecule has 0 atom stereocenters. The molecule has 0 bridgehead atoms. The molecule has 164 valence electrons. The van der Waals surface area contributed by atoms with Crippen LogP contribution in [0.4, 0.5) is 10.1 Å². The highest BCUT2D eigenvalue weighted by atomic mass is 32.2. The lowest BCUT2D eigenvalue weighted by molar-refractivity contribution is -0.119.